The largest absolute Gasteiger partial charge is 0.481 e. The number of anilines is 1. The minimum absolute atomic E-state index is 0.0613. The van der Waals surface area contributed by atoms with Crippen LogP contribution in [0.5, 0.6) is 0 Å². The fraction of sp³-hybridized carbons (Fsp3) is 0.250. The molecular formula is C20H16F2N2O3S2. The van der Waals surface area contributed by atoms with Crippen molar-refractivity contribution < 1.29 is 23.5 Å². The molecule has 5 nitrogen and oxygen atoms in total. The Kier molecular flexibility index (Phi) is 5.04. The van der Waals surface area contributed by atoms with Gasteiger partial charge in [0.2, 0.25) is 5.91 Å². The average molecular weight is 434 g/mol. The van der Waals surface area contributed by atoms with Gasteiger partial charge in [-0.05, 0) is 31.0 Å². The number of benzene rings is 2. The van der Waals surface area contributed by atoms with Crippen LogP contribution in [0.1, 0.15) is 22.6 Å². The fourth-order valence-electron chi connectivity index (χ4n) is 3.43. The number of carboxylic acid groups (broad SMARTS) is 1. The molecule has 0 saturated carbocycles. The van der Waals surface area contributed by atoms with Gasteiger partial charge in [0, 0.05) is 17.0 Å². The van der Waals surface area contributed by atoms with E-state index >= 15 is 0 Å². The monoisotopic (exact) mass is 434 g/mol. The Hall–Kier alpha value is -2.52. The zero-order chi connectivity index (χ0) is 20.9. The number of aromatic nitrogens is 1. The lowest BCUT2D eigenvalue weighted by Gasteiger charge is -2.34. The van der Waals surface area contributed by atoms with E-state index in [-0.39, 0.29) is 29.1 Å². The highest BCUT2D eigenvalue weighted by Crippen LogP contribution is 2.44. The van der Waals surface area contributed by atoms with Crippen molar-refractivity contribution in [2.45, 2.75) is 37.0 Å². The summed E-state index contributed by atoms with van der Waals surface area (Å²) in [5.41, 5.74) is 2.80. The molecule has 1 N–H and O–H groups in total. The minimum atomic E-state index is -1.05. The first kappa shape index (κ1) is 19.8. The Morgan fingerprint density at radius 2 is 2.00 bits per heavy atom. The van der Waals surface area contributed by atoms with Gasteiger partial charge in [0.25, 0.3) is 0 Å². The van der Waals surface area contributed by atoms with Crippen molar-refractivity contribution in [3.05, 3.63) is 52.0 Å². The van der Waals surface area contributed by atoms with Crippen molar-refractivity contribution in [3.8, 4) is 0 Å². The number of nitrogens with zero attached hydrogens (tertiary/aromatic N) is 2. The SMILES string of the molecule is Cc1cc(C)c2c(c1)N(Cc1nc3cc(F)cc(F)c3s1)C(=O)C(CC(=O)O)S2. The summed E-state index contributed by atoms with van der Waals surface area (Å²) < 4.78 is 27.8. The Labute approximate surface area is 173 Å². The van der Waals surface area contributed by atoms with Crippen molar-refractivity contribution >= 4 is 50.9 Å². The van der Waals surface area contributed by atoms with Crippen molar-refractivity contribution in [1.29, 1.82) is 0 Å². The first-order valence-corrected chi connectivity index (χ1v) is 10.5. The molecule has 0 saturated heterocycles. The number of carbonyl (C=O) groups is 2. The molecular weight excluding hydrogens is 418 g/mol. The predicted molar refractivity (Wildman–Crippen MR) is 109 cm³/mol. The fourth-order valence-corrected chi connectivity index (χ4v) is 5.64. The maximum atomic E-state index is 14.0. The third kappa shape index (κ3) is 3.72. The summed E-state index contributed by atoms with van der Waals surface area (Å²) in [6, 6.07) is 5.81. The quantitative estimate of drug-likeness (QED) is 0.646. The number of carbonyl (C=O) groups excluding carboxylic acids is 1. The number of thioether (sulfide) groups is 1. The number of rotatable bonds is 4. The van der Waals surface area contributed by atoms with Crippen LogP contribution in [-0.4, -0.2) is 27.2 Å². The van der Waals surface area contributed by atoms with Gasteiger partial charge < -0.3 is 10.0 Å². The standard InChI is InChI=1S/C20H16F2N2O3S2/c1-9-3-10(2)18-14(4-9)24(20(27)15(28-18)7-17(25)26)8-16-23-13-6-11(21)5-12(22)19(13)29-16/h3-6,15H,7-8H2,1-2H3,(H,25,26). The highest BCUT2D eigenvalue weighted by atomic mass is 32.2. The van der Waals surface area contributed by atoms with Crippen LogP contribution >= 0.6 is 23.1 Å². The van der Waals surface area contributed by atoms with Crippen LogP contribution in [0.25, 0.3) is 10.2 Å². The molecule has 1 amide bonds. The summed E-state index contributed by atoms with van der Waals surface area (Å²) in [6.45, 7) is 3.89. The Bertz CT molecular complexity index is 1160. The summed E-state index contributed by atoms with van der Waals surface area (Å²) in [5.74, 6) is -2.79. The molecule has 150 valence electrons. The predicted octanol–water partition coefficient (Wildman–Crippen LogP) is 4.67. The summed E-state index contributed by atoms with van der Waals surface area (Å²) in [4.78, 5) is 31.0. The van der Waals surface area contributed by atoms with E-state index in [4.69, 9.17) is 0 Å². The number of aryl methyl sites for hydroxylation is 2. The Morgan fingerprint density at radius 3 is 2.72 bits per heavy atom. The number of aliphatic carboxylic acids is 1. The van der Waals surface area contributed by atoms with Gasteiger partial charge >= 0.3 is 5.97 Å². The number of amides is 1. The second-order valence-electron chi connectivity index (χ2n) is 6.90. The van der Waals surface area contributed by atoms with Gasteiger partial charge in [0.15, 0.2) is 0 Å². The maximum absolute atomic E-state index is 14.0. The maximum Gasteiger partial charge on any atom is 0.305 e. The van der Waals surface area contributed by atoms with E-state index in [1.165, 1.54) is 16.7 Å². The van der Waals surface area contributed by atoms with Crippen LogP contribution in [-0.2, 0) is 16.1 Å². The van der Waals surface area contributed by atoms with Crippen LogP contribution < -0.4 is 4.90 Å². The van der Waals surface area contributed by atoms with Crippen LogP contribution in [0.4, 0.5) is 14.5 Å². The van der Waals surface area contributed by atoms with Crippen LogP contribution in [0.3, 0.4) is 0 Å². The minimum Gasteiger partial charge on any atom is -0.481 e. The third-order valence-corrected chi connectivity index (χ3v) is 7.08. The number of hydrogen-bond donors (Lipinski definition) is 1. The van der Waals surface area contributed by atoms with Gasteiger partial charge in [-0.15, -0.1) is 23.1 Å². The molecule has 9 heteroatoms. The topological polar surface area (TPSA) is 70.5 Å². The molecule has 2 aromatic carbocycles. The molecule has 1 aromatic heterocycles. The molecule has 2 heterocycles. The lowest BCUT2D eigenvalue weighted by molar-refractivity contribution is -0.138. The van der Waals surface area contributed by atoms with E-state index in [0.29, 0.717) is 10.7 Å². The average Bonchev–Trinajstić information content (AvgIpc) is 3.02. The van der Waals surface area contributed by atoms with Gasteiger partial charge in [-0.3, -0.25) is 9.59 Å². The van der Waals surface area contributed by atoms with Crippen molar-refractivity contribution in [1.82, 2.24) is 4.98 Å². The van der Waals surface area contributed by atoms with E-state index in [2.05, 4.69) is 4.98 Å². The Morgan fingerprint density at radius 1 is 1.24 bits per heavy atom. The van der Waals surface area contributed by atoms with Gasteiger partial charge in [0.05, 0.1) is 34.1 Å². The normalized spacial score (nSPS) is 16.3. The first-order chi connectivity index (χ1) is 13.7. The van der Waals surface area contributed by atoms with E-state index in [1.807, 2.05) is 26.0 Å². The first-order valence-electron chi connectivity index (χ1n) is 8.78. The van der Waals surface area contributed by atoms with Gasteiger partial charge in [-0.25, -0.2) is 13.8 Å². The molecule has 4 rings (SSSR count). The highest BCUT2D eigenvalue weighted by molar-refractivity contribution is 8.01. The second kappa shape index (κ2) is 7.38. The zero-order valence-electron chi connectivity index (χ0n) is 15.5. The van der Waals surface area contributed by atoms with E-state index < -0.39 is 22.9 Å². The van der Waals surface area contributed by atoms with Crippen LogP contribution in [0, 0.1) is 25.5 Å². The molecule has 1 aliphatic heterocycles. The molecule has 0 spiro atoms. The summed E-state index contributed by atoms with van der Waals surface area (Å²) >= 11 is 2.31. The van der Waals surface area contributed by atoms with Gasteiger partial charge in [0.1, 0.15) is 16.6 Å². The molecule has 3 aromatic rings. The van der Waals surface area contributed by atoms with Crippen molar-refractivity contribution in [2.75, 3.05) is 4.90 Å². The molecule has 0 aliphatic carbocycles. The summed E-state index contributed by atoms with van der Waals surface area (Å²) in [6.07, 6.45) is -0.299. The number of halogens is 2. The van der Waals surface area contributed by atoms with Gasteiger partial charge in [-0.2, -0.15) is 0 Å². The molecule has 0 radical (unpaired) electrons. The van der Waals surface area contributed by atoms with Crippen molar-refractivity contribution in [3.63, 3.8) is 0 Å². The molecule has 1 unspecified atom stereocenters. The molecule has 1 aliphatic rings. The van der Waals surface area contributed by atoms with E-state index in [0.717, 1.165) is 39.5 Å². The Balaban J connectivity index is 1.78. The summed E-state index contributed by atoms with van der Waals surface area (Å²) in [5, 5.41) is 8.89. The number of carboxylic acids is 1. The van der Waals surface area contributed by atoms with E-state index in [1.54, 1.807) is 0 Å². The lowest BCUT2D eigenvalue weighted by Crippen LogP contribution is -2.41. The van der Waals surface area contributed by atoms with Crippen LogP contribution in [0.2, 0.25) is 0 Å². The van der Waals surface area contributed by atoms with Crippen molar-refractivity contribution in [2.24, 2.45) is 0 Å². The highest BCUT2D eigenvalue weighted by Gasteiger charge is 2.36. The molecule has 29 heavy (non-hydrogen) atoms. The van der Waals surface area contributed by atoms with E-state index in [9.17, 15) is 23.5 Å². The second-order valence-corrected chi connectivity index (χ2v) is 9.20. The number of hydrogen-bond acceptors (Lipinski definition) is 5. The number of fused-ring (bicyclic) bond motifs is 2. The molecule has 0 bridgehead atoms. The van der Waals surface area contributed by atoms with Gasteiger partial charge in [-0.1, -0.05) is 6.07 Å². The smallest absolute Gasteiger partial charge is 0.305 e. The molecule has 1 atom stereocenters. The van der Waals surface area contributed by atoms with Crippen LogP contribution in [0.15, 0.2) is 29.2 Å². The third-order valence-electron chi connectivity index (χ3n) is 4.60. The molecule has 0 fully saturated rings. The summed E-state index contributed by atoms with van der Waals surface area (Å²) in [7, 11) is 0. The lowest BCUT2D eigenvalue weighted by atomic mass is 10.1. The number of thiazole rings is 1. The zero-order valence-corrected chi connectivity index (χ0v) is 17.2.